The van der Waals surface area contributed by atoms with Crippen molar-refractivity contribution in [1.29, 1.82) is 0 Å². The second kappa shape index (κ2) is 18.4. The van der Waals surface area contributed by atoms with Crippen LogP contribution in [0.3, 0.4) is 0 Å². The molecule has 4 aliphatic heterocycles. The van der Waals surface area contributed by atoms with E-state index in [9.17, 15) is 19.2 Å². The minimum atomic E-state index is -0.632. The third-order valence-electron chi connectivity index (χ3n) is 12.3. The van der Waals surface area contributed by atoms with Crippen molar-refractivity contribution in [3.8, 4) is 0 Å². The van der Waals surface area contributed by atoms with Crippen molar-refractivity contribution < 1.29 is 19.2 Å². The predicted molar refractivity (Wildman–Crippen MR) is 237 cm³/mol. The molecule has 7 rings (SSSR count). The molecule has 3 saturated heterocycles. The van der Waals surface area contributed by atoms with E-state index in [0.29, 0.717) is 53.4 Å². The Balaban J connectivity index is 0.981. The number of fused-ring (bicyclic) bond motifs is 1. The van der Waals surface area contributed by atoms with Gasteiger partial charge in [-0.3, -0.25) is 24.3 Å². The number of carbonyl (C=O) groups excluding carboxylic acids is 4. The normalized spacial score (nSPS) is 19.1. The number of aldehydes is 1. The van der Waals surface area contributed by atoms with Crippen LogP contribution in [0.2, 0.25) is 0 Å². The number of hydrogen-bond acceptors (Lipinski definition) is 10. The summed E-state index contributed by atoms with van der Waals surface area (Å²) >= 11 is 0. The van der Waals surface area contributed by atoms with Gasteiger partial charge in [-0.1, -0.05) is 26.0 Å². The highest BCUT2D eigenvalue weighted by Crippen LogP contribution is 2.34. The third-order valence-corrected chi connectivity index (χ3v) is 12.3. The Morgan fingerprint density at radius 2 is 1.68 bits per heavy atom. The molecule has 60 heavy (non-hydrogen) atoms. The van der Waals surface area contributed by atoms with E-state index < -0.39 is 6.04 Å². The molecule has 14 heteroatoms. The van der Waals surface area contributed by atoms with Crippen molar-refractivity contribution in [2.24, 2.45) is 9.98 Å². The lowest BCUT2D eigenvalue weighted by molar-refractivity contribution is -0.125. The van der Waals surface area contributed by atoms with E-state index >= 15 is 0 Å². The number of nitrogens with one attached hydrogen (secondary N) is 1. The molecule has 1 aromatic heterocycles. The lowest BCUT2D eigenvalue weighted by Gasteiger charge is -2.49. The number of aliphatic imine (C=N–C) groups is 2. The molecule has 5 heterocycles. The van der Waals surface area contributed by atoms with Gasteiger partial charge in [0.15, 0.2) is 11.7 Å². The molecular weight excluding hydrogens is 757 g/mol. The summed E-state index contributed by atoms with van der Waals surface area (Å²) < 4.78 is 0. The molecule has 3 aromatic rings. The fraction of sp³-hybridized carbons (Fsp3) is 0.413. The molecule has 3 amide bonds. The van der Waals surface area contributed by atoms with Gasteiger partial charge in [0.2, 0.25) is 5.91 Å². The number of amides is 3. The molecular formula is C46H56N10O4. The van der Waals surface area contributed by atoms with Gasteiger partial charge < -0.3 is 24.8 Å². The van der Waals surface area contributed by atoms with Crippen LogP contribution < -0.4 is 20.1 Å². The van der Waals surface area contributed by atoms with E-state index in [1.807, 2.05) is 30.3 Å². The van der Waals surface area contributed by atoms with Crippen LogP contribution in [-0.4, -0.2) is 121 Å². The maximum Gasteiger partial charge on any atom is 0.278 e. The topological polar surface area (TPSA) is 137 Å². The smallest absolute Gasteiger partial charge is 0.278 e. The van der Waals surface area contributed by atoms with Gasteiger partial charge in [-0.2, -0.15) is 0 Å². The molecule has 3 fully saturated rings. The summed E-state index contributed by atoms with van der Waals surface area (Å²) in [6, 6.07) is 17.9. The zero-order valence-corrected chi connectivity index (χ0v) is 35.2. The average molecular weight is 813 g/mol. The molecule has 1 atom stereocenters. The SMILES string of the molecule is C=CCN1C(=O)/C(=C/N=C)C(=Nc2ccc(N3CC(N4CCN(c5ccc6c(c5)CN(C(C=O)CCC(=O)NC)C6=O)CC4)C3)cc2)N1c1ccc(C)c(C(CC)CC)n1. The molecule has 0 bridgehead atoms. The van der Waals surface area contributed by atoms with Crippen LogP contribution in [0.15, 0.2) is 89.0 Å². The lowest BCUT2D eigenvalue weighted by atomic mass is 9.95. The number of hydrazine groups is 1. The summed E-state index contributed by atoms with van der Waals surface area (Å²) in [6.45, 7) is 20.1. The number of rotatable bonds is 16. The molecule has 14 nitrogen and oxygen atoms in total. The minimum absolute atomic E-state index is 0.150. The first-order chi connectivity index (χ1) is 29.1. The number of aromatic nitrogens is 1. The van der Waals surface area contributed by atoms with Crippen molar-refractivity contribution in [2.45, 2.75) is 71.0 Å². The van der Waals surface area contributed by atoms with Gasteiger partial charge in [0.25, 0.3) is 11.8 Å². The summed E-state index contributed by atoms with van der Waals surface area (Å²) in [7, 11) is 1.56. The largest absolute Gasteiger partial charge is 0.369 e. The van der Waals surface area contributed by atoms with E-state index in [-0.39, 0.29) is 30.7 Å². The molecule has 0 saturated carbocycles. The maximum atomic E-state index is 13.8. The van der Waals surface area contributed by atoms with Gasteiger partial charge in [0, 0.05) is 100 Å². The van der Waals surface area contributed by atoms with Gasteiger partial charge in [-0.15, -0.1) is 6.58 Å². The van der Waals surface area contributed by atoms with Crippen molar-refractivity contribution in [3.05, 3.63) is 101 Å². The first-order valence-corrected chi connectivity index (χ1v) is 21.0. The van der Waals surface area contributed by atoms with Crippen LogP contribution in [0.25, 0.3) is 0 Å². The molecule has 0 aliphatic carbocycles. The molecule has 1 unspecified atom stereocenters. The zero-order valence-electron chi connectivity index (χ0n) is 35.2. The van der Waals surface area contributed by atoms with E-state index in [2.05, 4.69) is 83.3 Å². The number of hydrogen-bond donors (Lipinski definition) is 1. The fourth-order valence-electron chi connectivity index (χ4n) is 8.72. The van der Waals surface area contributed by atoms with E-state index in [1.165, 1.54) is 6.20 Å². The van der Waals surface area contributed by atoms with Crippen molar-refractivity contribution >= 4 is 59.4 Å². The van der Waals surface area contributed by atoms with Crippen LogP contribution in [-0.2, 0) is 20.9 Å². The summed E-state index contributed by atoms with van der Waals surface area (Å²) in [5.74, 6) is 0.804. The first-order valence-electron chi connectivity index (χ1n) is 21.0. The van der Waals surface area contributed by atoms with Crippen molar-refractivity contribution in [3.63, 3.8) is 0 Å². The standard InChI is InChI=1S/C46H56N10O4/c1-7-20-55-46(60)40(26-47-5)44(56(55)41-18-10-31(4)43(50-41)32(8-2)9-3)49-34-11-13-35(14-12-34)53-28-38(29-53)52-23-21-51(22-24-52)36-15-17-39-33(25-36)27-54(45(39)59)37(30-57)16-19-42(58)48-6/h7,10-15,17-18,25-26,30,32,37-38H,1,5,8-9,16,19-24,27-29H2,2-4,6H3,(H,48,58)/b40-26+,49-44?. The average Bonchev–Trinajstić information content (AvgIpc) is 3.71. The second-order valence-electron chi connectivity index (χ2n) is 15.8. The van der Waals surface area contributed by atoms with Gasteiger partial charge in [-0.25, -0.2) is 20.0 Å². The van der Waals surface area contributed by atoms with Crippen molar-refractivity contribution in [1.82, 2.24) is 25.1 Å². The Morgan fingerprint density at radius 1 is 0.967 bits per heavy atom. The highest BCUT2D eigenvalue weighted by atomic mass is 16.2. The van der Waals surface area contributed by atoms with Crippen LogP contribution in [0, 0.1) is 6.92 Å². The Hall–Kier alpha value is -6.15. The highest BCUT2D eigenvalue weighted by Gasteiger charge is 2.41. The zero-order chi connectivity index (χ0) is 42.5. The molecule has 0 radical (unpaired) electrons. The summed E-state index contributed by atoms with van der Waals surface area (Å²) in [5.41, 5.74) is 6.93. The number of benzene rings is 2. The summed E-state index contributed by atoms with van der Waals surface area (Å²) in [6.07, 6.45) is 6.35. The first kappa shape index (κ1) is 42.0. The number of piperazine rings is 1. The molecule has 0 spiro atoms. The maximum absolute atomic E-state index is 13.8. The Labute approximate surface area is 352 Å². The molecule has 314 valence electrons. The second-order valence-corrected chi connectivity index (χ2v) is 15.8. The van der Waals surface area contributed by atoms with E-state index in [4.69, 9.17) is 9.98 Å². The van der Waals surface area contributed by atoms with Gasteiger partial charge in [-0.05, 0) is 92.6 Å². The molecule has 2 aromatic carbocycles. The highest BCUT2D eigenvalue weighted by molar-refractivity contribution is 6.31. The van der Waals surface area contributed by atoms with Crippen LogP contribution in [0.1, 0.15) is 72.6 Å². The number of anilines is 3. The van der Waals surface area contributed by atoms with Gasteiger partial charge in [0.05, 0.1) is 18.3 Å². The minimum Gasteiger partial charge on any atom is -0.369 e. The summed E-state index contributed by atoms with van der Waals surface area (Å²) in [5, 5.41) is 5.95. The number of aryl methyl sites for hydroxylation is 1. The number of amidine groups is 1. The van der Waals surface area contributed by atoms with E-state index in [1.54, 1.807) is 28.0 Å². The Kier molecular flexibility index (Phi) is 12.9. The molecule has 1 N–H and O–H groups in total. The van der Waals surface area contributed by atoms with Gasteiger partial charge in [0.1, 0.15) is 11.9 Å². The Bertz CT molecular complexity index is 2180. The third kappa shape index (κ3) is 8.33. The monoisotopic (exact) mass is 812 g/mol. The number of nitrogens with zero attached hydrogens (tertiary/aromatic N) is 9. The quantitative estimate of drug-likeness (QED) is 0.0871. The summed E-state index contributed by atoms with van der Waals surface area (Å²) in [4.78, 5) is 73.6. The number of pyridine rings is 1. The lowest BCUT2D eigenvalue weighted by Crippen LogP contribution is -2.63. The van der Waals surface area contributed by atoms with Gasteiger partial charge >= 0.3 is 0 Å². The molecule has 4 aliphatic rings. The van der Waals surface area contributed by atoms with Crippen LogP contribution >= 0.6 is 0 Å². The predicted octanol–water partition coefficient (Wildman–Crippen LogP) is 5.42. The van der Waals surface area contributed by atoms with E-state index in [0.717, 1.165) is 86.6 Å². The van der Waals surface area contributed by atoms with Crippen LogP contribution in [0.4, 0.5) is 22.9 Å². The fourth-order valence-corrected chi connectivity index (χ4v) is 8.72. The Morgan fingerprint density at radius 3 is 2.33 bits per heavy atom. The number of carbonyl (C=O) groups is 4. The van der Waals surface area contributed by atoms with Crippen LogP contribution in [0.5, 0.6) is 0 Å². The van der Waals surface area contributed by atoms with Crippen molar-refractivity contribution in [2.75, 3.05) is 67.7 Å².